The van der Waals surface area contributed by atoms with E-state index < -0.39 is 0 Å². The van der Waals surface area contributed by atoms with Crippen LogP contribution in [0.5, 0.6) is 0 Å². The second-order valence-corrected chi connectivity index (χ2v) is 5.58. The summed E-state index contributed by atoms with van der Waals surface area (Å²) < 4.78 is 0.885. The number of rotatable bonds is 1. The van der Waals surface area contributed by atoms with Crippen molar-refractivity contribution in [3.8, 4) is 11.4 Å². The SMILES string of the molecule is Cc1nc(-c2cncc3ccccc23)nc(Cl)c1I. The van der Waals surface area contributed by atoms with Crippen LogP contribution in [0.1, 0.15) is 5.69 Å². The number of benzene rings is 1. The molecule has 2 aromatic heterocycles. The first kappa shape index (κ1) is 12.7. The maximum Gasteiger partial charge on any atom is 0.163 e. The minimum absolute atomic E-state index is 0.482. The molecular weight excluding hydrogens is 373 g/mol. The van der Waals surface area contributed by atoms with Gasteiger partial charge in [-0.05, 0) is 34.9 Å². The molecule has 0 saturated heterocycles. The van der Waals surface area contributed by atoms with Gasteiger partial charge in [-0.15, -0.1) is 0 Å². The molecule has 1 aromatic carbocycles. The first-order chi connectivity index (χ1) is 9.16. The molecule has 0 N–H and O–H groups in total. The van der Waals surface area contributed by atoms with E-state index in [1.165, 1.54) is 0 Å². The van der Waals surface area contributed by atoms with Crippen LogP contribution >= 0.6 is 34.2 Å². The third kappa shape index (κ3) is 2.30. The molecule has 0 atom stereocenters. The van der Waals surface area contributed by atoms with Gasteiger partial charge >= 0.3 is 0 Å². The Morgan fingerprint density at radius 3 is 2.68 bits per heavy atom. The average molecular weight is 382 g/mol. The highest BCUT2D eigenvalue weighted by Crippen LogP contribution is 2.28. The fourth-order valence-electron chi connectivity index (χ4n) is 1.94. The summed E-state index contributed by atoms with van der Waals surface area (Å²) in [6, 6.07) is 8.04. The average Bonchev–Trinajstić information content (AvgIpc) is 2.43. The standard InChI is InChI=1S/C14H9ClIN3/c1-8-12(16)13(15)19-14(18-8)11-7-17-6-9-4-2-3-5-10(9)11/h2-7H,1H3. The van der Waals surface area contributed by atoms with Gasteiger partial charge in [0.25, 0.3) is 0 Å². The Bertz CT molecular complexity index is 745. The molecule has 0 amide bonds. The number of halogens is 2. The van der Waals surface area contributed by atoms with Crippen LogP contribution in [0, 0.1) is 10.5 Å². The van der Waals surface area contributed by atoms with Crippen LogP contribution in [0.15, 0.2) is 36.7 Å². The second kappa shape index (κ2) is 5.02. The highest BCUT2D eigenvalue weighted by Gasteiger charge is 2.11. The van der Waals surface area contributed by atoms with Crippen LogP contribution in [-0.4, -0.2) is 15.0 Å². The fourth-order valence-corrected chi connectivity index (χ4v) is 2.40. The number of hydrogen-bond acceptors (Lipinski definition) is 3. The predicted octanol–water partition coefficient (Wildman–Crippen LogP) is 4.26. The topological polar surface area (TPSA) is 38.7 Å². The second-order valence-electron chi connectivity index (χ2n) is 4.15. The Balaban J connectivity index is 2.31. The van der Waals surface area contributed by atoms with Crippen molar-refractivity contribution in [1.82, 2.24) is 15.0 Å². The maximum atomic E-state index is 6.14. The number of nitrogens with zero attached hydrogens (tertiary/aromatic N) is 3. The lowest BCUT2D eigenvalue weighted by Gasteiger charge is -2.07. The van der Waals surface area contributed by atoms with Gasteiger partial charge in [0.2, 0.25) is 0 Å². The van der Waals surface area contributed by atoms with Crippen LogP contribution in [0.3, 0.4) is 0 Å². The molecule has 0 radical (unpaired) electrons. The minimum Gasteiger partial charge on any atom is -0.263 e. The molecule has 3 nitrogen and oxygen atoms in total. The van der Waals surface area contributed by atoms with Gasteiger partial charge in [-0.25, -0.2) is 9.97 Å². The van der Waals surface area contributed by atoms with E-state index >= 15 is 0 Å². The lowest BCUT2D eigenvalue weighted by atomic mass is 10.1. The van der Waals surface area contributed by atoms with Gasteiger partial charge < -0.3 is 0 Å². The molecular formula is C14H9ClIN3. The molecule has 5 heteroatoms. The molecule has 0 unspecified atom stereocenters. The Hall–Kier alpha value is -1.27. The molecule has 19 heavy (non-hydrogen) atoms. The Morgan fingerprint density at radius 1 is 1.11 bits per heavy atom. The monoisotopic (exact) mass is 381 g/mol. The van der Waals surface area contributed by atoms with Crippen LogP contribution < -0.4 is 0 Å². The molecule has 0 aliphatic carbocycles. The minimum atomic E-state index is 0.482. The first-order valence-electron chi connectivity index (χ1n) is 5.69. The molecule has 0 bridgehead atoms. The van der Waals surface area contributed by atoms with Crippen LogP contribution in [-0.2, 0) is 0 Å². The van der Waals surface area contributed by atoms with Crippen molar-refractivity contribution in [3.63, 3.8) is 0 Å². The molecule has 3 rings (SSSR count). The van der Waals surface area contributed by atoms with Crippen molar-refractivity contribution in [1.29, 1.82) is 0 Å². The normalized spacial score (nSPS) is 10.9. The van der Waals surface area contributed by atoms with E-state index in [1.807, 2.05) is 37.4 Å². The highest BCUT2D eigenvalue weighted by molar-refractivity contribution is 14.1. The van der Waals surface area contributed by atoms with E-state index in [1.54, 1.807) is 6.20 Å². The smallest absolute Gasteiger partial charge is 0.163 e. The Morgan fingerprint density at radius 2 is 1.89 bits per heavy atom. The van der Waals surface area contributed by atoms with E-state index in [9.17, 15) is 0 Å². The summed E-state index contributed by atoms with van der Waals surface area (Å²) in [5, 5.41) is 2.63. The first-order valence-corrected chi connectivity index (χ1v) is 7.15. The van der Waals surface area contributed by atoms with Crippen molar-refractivity contribution in [2.24, 2.45) is 0 Å². The van der Waals surface area contributed by atoms with Crippen molar-refractivity contribution in [2.75, 3.05) is 0 Å². The van der Waals surface area contributed by atoms with Gasteiger partial charge in [0.1, 0.15) is 5.15 Å². The quantitative estimate of drug-likeness (QED) is 0.467. The van der Waals surface area contributed by atoms with Gasteiger partial charge in [0.15, 0.2) is 5.82 Å². The zero-order valence-corrected chi connectivity index (χ0v) is 13.0. The van der Waals surface area contributed by atoms with Crippen LogP contribution in [0.2, 0.25) is 5.15 Å². The maximum absolute atomic E-state index is 6.14. The molecule has 0 spiro atoms. The fraction of sp³-hybridized carbons (Fsp3) is 0.0714. The zero-order chi connectivity index (χ0) is 13.4. The van der Waals surface area contributed by atoms with Crippen LogP contribution in [0.4, 0.5) is 0 Å². The van der Waals surface area contributed by atoms with Crippen molar-refractivity contribution < 1.29 is 0 Å². The summed E-state index contributed by atoms with van der Waals surface area (Å²) in [5.41, 5.74) is 1.78. The number of hydrogen-bond donors (Lipinski definition) is 0. The lowest BCUT2D eigenvalue weighted by Crippen LogP contribution is -1.97. The van der Waals surface area contributed by atoms with E-state index in [4.69, 9.17) is 11.6 Å². The number of aromatic nitrogens is 3. The van der Waals surface area contributed by atoms with E-state index in [0.717, 1.165) is 25.6 Å². The molecule has 0 saturated carbocycles. The summed E-state index contributed by atoms with van der Waals surface area (Å²) in [6.07, 6.45) is 3.61. The molecule has 2 heterocycles. The lowest BCUT2D eigenvalue weighted by molar-refractivity contribution is 1.09. The highest BCUT2D eigenvalue weighted by atomic mass is 127. The van der Waals surface area contributed by atoms with Gasteiger partial charge in [-0.2, -0.15) is 0 Å². The molecule has 0 aliphatic heterocycles. The summed E-state index contributed by atoms with van der Waals surface area (Å²) in [7, 11) is 0. The van der Waals surface area contributed by atoms with Crippen molar-refractivity contribution in [3.05, 3.63) is 51.1 Å². The van der Waals surface area contributed by atoms with E-state index in [-0.39, 0.29) is 0 Å². The summed E-state index contributed by atoms with van der Waals surface area (Å²) in [4.78, 5) is 13.1. The largest absolute Gasteiger partial charge is 0.263 e. The Kier molecular flexibility index (Phi) is 3.36. The van der Waals surface area contributed by atoms with Crippen LogP contribution in [0.25, 0.3) is 22.2 Å². The summed E-state index contributed by atoms with van der Waals surface area (Å²) in [5.74, 6) is 0.618. The van der Waals surface area contributed by atoms with Gasteiger partial charge in [-0.1, -0.05) is 35.9 Å². The van der Waals surface area contributed by atoms with Gasteiger partial charge in [0.05, 0.1) is 9.26 Å². The van der Waals surface area contributed by atoms with E-state index in [0.29, 0.717) is 11.0 Å². The van der Waals surface area contributed by atoms with Gasteiger partial charge in [-0.3, -0.25) is 4.98 Å². The third-order valence-corrected chi connectivity index (χ3v) is 4.77. The predicted molar refractivity (Wildman–Crippen MR) is 85.2 cm³/mol. The molecule has 0 aliphatic rings. The zero-order valence-electron chi connectivity index (χ0n) is 10.1. The Labute approximate surface area is 129 Å². The summed E-state index contributed by atoms with van der Waals surface area (Å²) in [6.45, 7) is 1.93. The van der Waals surface area contributed by atoms with Crippen molar-refractivity contribution >= 4 is 45.0 Å². The molecule has 3 aromatic rings. The van der Waals surface area contributed by atoms with Crippen molar-refractivity contribution in [2.45, 2.75) is 6.92 Å². The van der Waals surface area contributed by atoms with Gasteiger partial charge in [0, 0.05) is 23.3 Å². The number of pyridine rings is 1. The third-order valence-electron chi connectivity index (χ3n) is 2.89. The number of fused-ring (bicyclic) bond motifs is 1. The van der Waals surface area contributed by atoms with E-state index in [2.05, 4.69) is 37.5 Å². The molecule has 94 valence electrons. The number of aryl methyl sites for hydroxylation is 1. The summed E-state index contributed by atoms with van der Waals surface area (Å²) >= 11 is 8.29. The molecule has 0 fully saturated rings.